The van der Waals surface area contributed by atoms with Gasteiger partial charge in [-0.1, -0.05) is 39.7 Å². The number of benzene rings is 2. The molecule has 0 unspecified atom stereocenters. The Morgan fingerprint density at radius 2 is 2.08 bits per heavy atom. The topological polar surface area (TPSA) is 70.7 Å². The molecular weight excluding hydrogens is 422 g/mol. The van der Waals surface area contributed by atoms with Crippen molar-refractivity contribution < 1.29 is 14.3 Å². The summed E-state index contributed by atoms with van der Waals surface area (Å²) in [6.07, 6.45) is -0.682. The number of nitrogens with zero attached hydrogens (tertiary/aromatic N) is 1. The first kappa shape index (κ1) is 18.5. The zero-order chi connectivity index (χ0) is 18.7. The number of hydrogen-bond acceptors (Lipinski definition) is 4. The summed E-state index contributed by atoms with van der Waals surface area (Å²) in [5.41, 5.74) is 1.30. The average Bonchev–Trinajstić information content (AvgIpc) is 2.63. The van der Waals surface area contributed by atoms with Gasteiger partial charge in [-0.15, -0.1) is 0 Å². The summed E-state index contributed by atoms with van der Waals surface area (Å²) in [5.74, 6) is 0.101. The standard InChI is InChI=1S/C18H17BrClN3O3/c1-21-18(25)16-9-23(14-4-2-3-5-15(14)26-16)10-17(24)22-13-7-6-11(19)8-12(13)20/h2-8,16H,9-10H2,1H3,(H,21,25)(H,22,24)/t16-/m0/s1. The fourth-order valence-electron chi connectivity index (χ4n) is 2.71. The lowest BCUT2D eigenvalue weighted by molar-refractivity contribution is -0.127. The van der Waals surface area contributed by atoms with Crippen molar-refractivity contribution in [2.75, 3.05) is 30.4 Å². The third-order valence-corrected chi connectivity index (χ3v) is 4.75. The molecular formula is C18H17BrClN3O3. The molecule has 0 bridgehead atoms. The molecule has 6 nitrogen and oxygen atoms in total. The van der Waals surface area contributed by atoms with Crippen molar-refractivity contribution in [3.8, 4) is 5.75 Å². The fourth-order valence-corrected chi connectivity index (χ4v) is 3.43. The van der Waals surface area contributed by atoms with Gasteiger partial charge >= 0.3 is 0 Å². The molecule has 2 aromatic rings. The van der Waals surface area contributed by atoms with Crippen LogP contribution >= 0.6 is 27.5 Å². The van der Waals surface area contributed by atoms with Gasteiger partial charge in [0.2, 0.25) is 5.91 Å². The van der Waals surface area contributed by atoms with Crippen LogP contribution < -0.4 is 20.3 Å². The second-order valence-electron chi connectivity index (χ2n) is 5.74. The van der Waals surface area contributed by atoms with E-state index < -0.39 is 6.10 Å². The third-order valence-electron chi connectivity index (χ3n) is 3.94. The number of carbonyl (C=O) groups excluding carboxylic acids is 2. The molecule has 0 fully saturated rings. The highest BCUT2D eigenvalue weighted by Crippen LogP contribution is 2.33. The molecule has 0 aliphatic carbocycles. The van der Waals surface area contributed by atoms with Crippen LogP contribution in [0.15, 0.2) is 46.9 Å². The number of nitrogens with one attached hydrogen (secondary N) is 2. The molecule has 0 radical (unpaired) electrons. The summed E-state index contributed by atoms with van der Waals surface area (Å²) in [5, 5.41) is 5.82. The van der Waals surface area contributed by atoms with Crippen LogP contribution in [0.1, 0.15) is 0 Å². The van der Waals surface area contributed by atoms with Crippen LogP contribution in [-0.4, -0.2) is 38.1 Å². The zero-order valence-corrected chi connectivity index (χ0v) is 16.3. The van der Waals surface area contributed by atoms with Crippen molar-refractivity contribution in [3.05, 3.63) is 52.0 Å². The van der Waals surface area contributed by atoms with E-state index in [1.54, 1.807) is 31.3 Å². The molecule has 1 atom stereocenters. The highest BCUT2D eigenvalue weighted by Gasteiger charge is 2.31. The van der Waals surface area contributed by atoms with Gasteiger partial charge in [-0.3, -0.25) is 9.59 Å². The Hall–Kier alpha value is -2.25. The van der Waals surface area contributed by atoms with E-state index in [1.165, 1.54) is 0 Å². The number of likely N-dealkylation sites (N-methyl/N-ethyl adjacent to an activating group) is 1. The molecule has 0 spiro atoms. The Labute approximate surface area is 164 Å². The Kier molecular flexibility index (Phi) is 5.68. The quantitative estimate of drug-likeness (QED) is 0.770. The molecule has 1 aliphatic rings. The van der Waals surface area contributed by atoms with E-state index >= 15 is 0 Å². The minimum absolute atomic E-state index is 0.0697. The van der Waals surface area contributed by atoms with Crippen LogP contribution in [-0.2, 0) is 9.59 Å². The predicted octanol–water partition coefficient (Wildman–Crippen LogP) is 3.05. The second kappa shape index (κ2) is 7.97. The van der Waals surface area contributed by atoms with Gasteiger partial charge in [0.05, 0.1) is 29.5 Å². The fraction of sp³-hybridized carbons (Fsp3) is 0.222. The van der Waals surface area contributed by atoms with E-state index in [0.717, 1.165) is 10.2 Å². The first-order valence-corrected chi connectivity index (χ1v) is 9.12. The van der Waals surface area contributed by atoms with Crippen LogP contribution in [0.25, 0.3) is 0 Å². The highest BCUT2D eigenvalue weighted by molar-refractivity contribution is 9.10. The molecule has 1 heterocycles. The van der Waals surface area contributed by atoms with Crippen LogP contribution in [0.4, 0.5) is 11.4 Å². The van der Waals surface area contributed by atoms with Gasteiger partial charge in [0.25, 0.3) is 5.91 Å². The first-order valence-electron chi connectivity index (χ1n) is 7.95. The summed E-state index contributed by atoms with van der Waals surface area (Å²) >= 11 is 9.48. The number of halogens is 2. The lowest BCUT2D eigenvalue weighted by Gasteiger charge is -2.35. The van der Waals surface area contributed by atoms with Crippen molar-refractivity contribution in [2.24, 2.45) is 0 Å². The number of carbonyl (C=O) groups is 2. The Bertz CT molecular complexity index is 846. The van der Waals surface area contributed by atoms with Crippen LogP contribution in [0.5, 0.6) is 5.75 Å². The van der Waals surface area contributed by atoms with E-state index in [4.69, 9.17) is 16.3 Å². The highest BCUT2D eigenvalue weighted by atomic mass is 79.9. The van der Waals surface area contributed by atoms with Crippen molar-refractivity contribution in [2.45, 2.75) is 6.10 Å². The molecule has 136 valence electrons. The van der Waals surface area contributed by atoms with E-state index in [0.29, 0.717) is 16.5 Å². The number of ether oxygens (including phenoxy) is 1. The van der Waals surface area contributed by atoms with E-state index in [2.05, 4.69) is 26.6 Å². The Balaban J connectivity index is 1.76. The molecule has 26 heavy (non-hydrogen) atoms. The van der Waals surface area contributed by atoms with Gasteiger partial charge in [-0.25, -0.2) is 0 Å². The summed E-state index contributed by atoms with van der Waals surface area (Å²) in [7, 11) is 1.55. The number of fused-ring (bicyclic) bond motifs is 1. The van der Waals surface area contributed by atoms with Crippen LogP contribution in [0.3, 0.4) is 0 Å². The van der Waals surface area contributed by atoms with E-state index in [1.807, 2.05) is 23.1 Å². The lowest BCUT2D eigenvalue weighted by atomic mass is 10.1. The average molecular weight is 439 g/mol. The summed E-state index contributed by atoms with van der Waals surface area (Å²) in [6, 6.07) is 12.6. The van der Waals surface area contributed by atoms with E-state index in [-0.39, 0.29) is 24.9 Å². The van der Waals surface area contributed by atoms with Gasteiger partial charge in [-0.05, 0) is 30.3 Å². The molecule has 8 heteroatoms. The monoisotopic (exact) mass is 437 g/mol. The van der Waals surface area contributed by atoms with Gasteiger partial charge in [-0.2, -0.15) is 0 Å². The van der Waals surface area contributed by atoms with Gasteiger partial charge in [0, 0.05) is 11.5 Å². The maximum atomic E-state index is 12.5. The number of anilines is 2. The number of para-hydroxylation sites is 2. The van der Waals surface area contributed by atoms with Crippen molar-refractivity contribution in [1.29, 1.82) is 0 Å². The minimum Gasteiger partial charge on any atom is -0.477 e. The molecule has 0 aromatic heterocycles. The number of hydrogen-bond donors (Lipinski definition) is 2. The largest absolute Gasteiger partial charge is 0.477 e. The summed E-state index contributed by atoms with van der Waals surface area (Å²) in [4.78, 5) is 26.3. The first-order chi connectivity index (χ1) is 12.5. The lowest BCUT2D eigenvalue weighted by Crippen LogP contribution is -2.50. The zero-order valence-electron chi connectivity index (χ0n) is 14.0. The molecule has 0 saturated carbocycles. The van der Waals surface area contributed by atoms with Crippen molar-refractivity contribution in [1.82, 2.24) is 5.32 Å². The predicted molar refractivity (Wildman–Crippen MR) is 105 cm³/mol. The smallest absolute Gasteiger partial charge is 0.262 e. The molecule has 2 N–H and O–H groups in total. The van der Waals surface area contributed by atoms with Crippen molar-refractivity contribution >= 4 is 50.7 Å². The summed E-state index contributed by atoms with van der Waals surface area (Å²) in [6.45, 7) is 0.346. The Morgan fingerprint density at radius 1 is 1.31 bits per heavy atom. The Morgan fingerprint density at radius 3 is 2.81 bits per heavy atom. The normalized spacial score (nSPS) is 15.7. The summed E-state index contributed by atoms with van der Waals surface area (Å²) < 4.78 is 6.56. The third kappa shape index (κ3) is 4.11. The molecule has 3 rings (SSSR count). The number of rotatable bonds is 4. The molecule has 2 aromatic carbocycles. The van der Waals surface area contributed by atoms with Gasteiger partial charge in [0.1, 0.15) is 5.75 Å². The second-order valence-corrected chi connectivity index (χ2v) is 7.06. The van der Waals surface area contributed by atoms with Gasteiger partial charge in [0.15, 0.2) is 6.10 Å². The number of amides is 2. The van der Waals surface area contributed by atoms with Crippen molar-refractivity contribution in [3.63, 3.8) is 0 Å². The molecule has 0 saturated heterocycles. The minimum atomic E-state index is -0.682. The molecule has 2 amide bonds. The van der Waals surface area contributed by atoms with E-state index in [9.17, 15) is 9.59 Å². The van der Waals surface area contributed by atoms with Crippen LogP contribution in [0.2, 0.25) is 5.02 Å². The van der Waals surface area contributed by atoms with Crippen LogP contribution in [0, 0.1) is 0 Å². The maximum absolute atomic E-state index is 12.5. The molecule has 1 aliphatic heterocycles. The SMILES string of the molecule is CNC(=O)[C@@H]1CN(CC(=O)Nc2ccc(Br)cc2Cl)c2ccccc2O1. The van der Waals surface area contributed by atoms with Gasteiger partial charge < -0.3 is 20.3 Å². The maximum Gasteiger partial charge on any atom is 0.262 e.